The van der Waals surface area contributed by atoms with Crippen LogP contribution in [0.3, 0.4) is 0 Å². The molecular formula is C16H16FN3O2S2. The lowest BCUT2D eigenvalue weighted by Gasteiger charge is -2.17. The first-order chi connectivity index (χ1) is 11.5. The summed E-state index contributed by atoms with van der Waals surface area (Å²) < 4.78 is 41.9. The van der Waals surface area contributed by atoms with Gasteiger partial charge in [0, 0.05) is 23.8 Å². The summed E-state index contributed by atoms with van der Waals surface area (Å²) in [5.41, 5.74) is 0.538. The van der Waals surface area contributed by atoms with Gasteiger partial charge >= 0.3 is 0 Å². The second kappa shape index (κ2) is 7.25. The Morgan fingerprint density at radius 3 is 2.62 bits per heavy atom. The van der Waals surface area contributed by atoms with Crippen molar-refractivity contribution in [2.45, 2.75) is 11.8 Å². The van der Waals surface area contributed by atoms with Gasteiger partial charge in [-0.3, -0.25) is 4.68 Å². The number of nitrogens with zero attached hydrogens (tertiary/aromatic N) is 2. The Morgan fingerprint density at radius 1 is 1.21 bits per heavy atom. The molecule has 8 heteroatoms. The van der Waals surface area contributed by atoms with Crippen LogP contribution in [0.4, 0.5) is 4.39 Å². The smallest absolute Gasteiger partial charge is 0.215 e. The van der Waals surface area contributed by atoms with Crippen molar-refractivity contribution in [3.8, 4) is 0 Å². The highest BCUT2D eigenvalue weighted by Crippen LogP contribution is 2.22. The van der Waals surface area contributed by atoms with Gasteiger partial charge in [0.05, 0.1) is 11.8 Å². The van der Waals surface area contributed by atoms with Crippen molar-refractivity contribution in [1.29, 1.82) is 0 Å². The zero-order valence-corrected chi connectivity index (χ0v) is 14.3. The summed E-state index contributed by atoms with van der Waals surface area (Å²) in [5.74, 6) is -0.579. The average molecular weight is 365 g/mol. The van der Waals surface area contributed by atoms with Gasteiger partial charge < -0.3 is 0 Å². The second-order valence-electron chi connectivity index (χ2n) is 5.25. The van der Waals surface area contributed by atoms with Crippen LogP contribution in [0.2, 0.25) is 0 Å². The summed E-state index contributed by atoms with van der Waals surface area (Å²) in [5, 5.41) is 6.16. The molecule has 0 bridgehead atoms. The van der Waals surface area contributed by atoms with Gasteiger partial charge in [0.1, 0.15) is 5.82 Å². The molecule has 0 aliphatic heterocycles. The number of aromatic nitrogens is 2. The van der Waals surface area contributed by atoms with Gasteiger partial charge in [0.25, 0.3) is 0 Å². The zero-order chi connectivity index (χ0) is 17.0. The molecule has 1 unspecified atom stereocenters. The van der Waals surface area contributed by atoms with Gasteiger partial charge in [-0.2, -0.15) is 5.10 Å². The van der Waals surface area contributed by atoms with Crippen LogP contribution in [0.25, 0.3) is 0 Å². The van der Waals surface area contributed by atoms with E-state index in [1.165, 1.54) is 24.3 Å². The number of hydrogen-bond acceptors (Lipinski definition) is 4. The Hall–Kier alpha value is -2.03. The van der Waals surface area contributed by atoms with E-state index in [2.05, 4.69) is 9.82 Å². The molecule has 0 aliphatic rings. The Kier molecular flexibility index (Phi) is 5.08. The zero-order valence-electron chi connectivity index (χ0n) is 12.7. The van der Waals surface area contributed by atoms with Crippen molar-refractivity contribution in [2.24, 2.45) is 0 Å². The highest BCUT2D eigenvalue weighted by atomic mass is 32.2. The minimum atomic E-state index is -3.53. The normalized spacial score (nSPS) is 13.0. The third kappa shape index (κ3) is 4.28. The van der Waals surface area contributed by atoms with Crippen molar-refractivity contribution < 1.29 is 12.8 Å². The predicted molar refractivity (Wildman–Crippen MR) is 91.7 cm³/mol. The van der Waals surface area contributed by atoms with Gasteiger partial charge in [0.2, 0.25) is 10.0 Å². The fraction of sp³-hybridized carbons (Fsp3) is 0.188. The summed E-state index contributed by atoms with van der Waals surface area (Å²) in [7, 11) is -3.53. The quantitative estimate of drug-likeness (QED) is 0.700. The lowest BCUT2D eigenvalue weighted by atomic mass is 10.2. The van der Waals surface area contributed by atoms with Crippen LogP contribution in [0.1, 0.15) is 16.5 Å². The maximum Gasteiger partial charge on any atom is 0.215 e. The Balaban J connectivity index is 1.70. The summed E-state index contributed by atoms with van der Waals surface area (Å²) in [6.07, 6.45) is 3.46. The molecule has 1 aromatic carbocycles. The number of benzene rings is 1. The van der Waals surface area contributed by atoms with Crippen molar-refractivity contribution >= 4 is 21.4 Å². The van der Waals surface area contributed by atoms with E-state index in [9.17, 15) is 12.8 Å². The van der Waals surface area contributed by atoms with Gasteiger partial charge in [-0.05, 0) is 35.2 Å². The molecule has 5 nitrogen and oxygen atoms in total. The van der Waals surface area contributed by atoms with Crippen LogP contribution < -0.4 is 4.72 Å². The second-order valence-corrected chi connectivity index (χ2v) is 8.04. The van der Waals surface area contributed by atoms with E-state index in [1.807, 2.05) is 17.5 Å². The first-order valence-corrected chi connectivity index (χ1v) is 9.81. The molecule has 0 aliphatic carbocycles. The lowest BCUT2D eigenvalue weighted by Crippen LogP contribution is -2.32. The highest BCUT2D eigenvalue weighted by molar-refractivity contribution is 7.88. The SMILES string of the molecule is O=S(=O)(Cc1ccc(F)cc1)NCC(c1cccs1)n1cccn1. The number of thiophene rings is 1. The molecule has 2 aromatic heterocycles. The summed E-state index contributed by atoms with van der Waals surface area (Å²) >= 11 is 1.55. The maximum atomic E-state index is 12.9. The minimum Gasteiger partial charge on any atom is -0.263 e. The van der Waals surface area contributed by atoms with E-state index >= 15 is 0 Å². The molecule has 24 heavy (non-hydrogen) atoms. The molecule has 3 aromatic rings. The van der Waals surface area contributed by atoms with E-state index in [1.54, 1.807) is 34.5 Å². The number of halogens is 1. The average Bonchev–Trinajstić information content (AvgIpc) is 3.23. The maximum absolute atomic E-state index is 12.9. The standard InChI is InChI=1S/C16H16FN3O2S2/c17-14-6-4-13(5-7-14)12-24(21,22)19-11-15(16-3-1-10-23-16)20-9-2-8-18-20/h1-10,15,19H,11-12H2. The van der Waals surface area contributed by atoms with Crippen molar-refractivity contribution in [2.75, 3.05) is 6.54 Å². The molecule has 1 atom stereocenters. The van der Waals surface area contributed by atoms with Crippen molar-refractivity contribution in [3.63, 3.8) is 0 Å². The van der Waals surface area contributed by atoms with E-state index in [0.717, 1.165) is 4.88 Å². The minimum absolute atomic E-state index is 0.191. The van der Waals surface area contributed by atoms with Crippen molar-refractivity contribution in [1.82, 2.24) is 14.5 Å². The predicted octanol–water partition coefficient (Wildman–Crippen LogP) is 2.79. The molecule has 0 saturated heterocycles. The first-order valence-electron chi connectivity index (χ1n) is 7.28. The molecule has 2 heterocycles. The topological polar surface area (TPSA) is 64.0 Å². The number of nitrogens with one attached hydrogen (secondary N) is 1. The van der Waals surface area contributed by atoms with Crippen LogP contribution in [0.15, 0.2) is 60.2 Å². The van der Waals surface area contributed by atoms with Crippen LogP contribution in [-0.2, 0) is 15.8 Å². The summed E-state index contributed by atoms with van der Waals surface area (Å²) in [6, 6.07) is 10.9. The molecule has 3 rings (SSSR count). The largest absolute Gasteiger partial charge is 0.263 e. The van der Waals surface area contributed by atoms with Gasteiger partial charge in [0.15, 0.2) is 0 Å². The van der Waals surface area contributed by atoms with Gasteiger partial charge in [-0.15, -0.1) is 11.3 Å². The Labute approximate surface area is 143 Å². The Morgan fingerprint density at radius 2 is 2.00 bits per heavy atom. The van der Waals surface area contributed by atoms with Crippen LogP contribution in [-0.4, -0.2) is 24.7 Å². The molecule has 126 valence electrons. The van der Waals surface area contributed by atoms with E-state index < -0.39 is 10.0 Å². The van der Waals surface area contributed by atoms with Crippen molar-refractivity contribution in [3.05, 3.63) is 76.5 Å². The fourth-order valence-corrected chi connectivity index (χ4v) is 4.29. The molecular weight excluding hydrogens is 349 g/mol. The monoisotopic (exact) mass is 365 g/mol. The molecule has 1 N–H and O–H groups in total. The fourth-order valence-electron chi connectivity index (χ4n) is 2.33. The van der Waals surface area contributed by atoms with Gasteiger partial charge in [-0.25, -0.2) is 17.5 Å². The number of rotatable bonds is 7. The first kappa shape index (κ1) is 16.8. The third-order valence-corrected chi connectivity index (χ3v) is 5.78. The van der Waals surface area contributed by atoms with E-state index in [-0.39, 0.29) is 24.2 Å². The van der Waals surface area contributed by atoms with Gasteiger partial charge in [-0.1, -0.05) is 18.2 Å². The third-order valence-electron chi connectivity index (χ3n) is 3.48. The van der Waals surface area contributed by atoms with E-state index in [4.69, 9.17) is 0 Å². The van der Waals surface area contributed by atoms with Crippen LogP contribution in [0.5, 0.6) is 0 Å². The molecule has 0 saturated carbocycles. The van der Waals surface area contributed by atoms with Crippen LogP contribution in [0, 0.1) is 5.82 Å². The number of sulfonamides is 1. The van der Waals surface area contributed by atoms with Crippen LogP contribution >= 0.6 is 11.3 Å². The summed E-state index contributed by atoms with van der Waals surface area (Å²) in [6.45, 7) is 0.200. The molecule has 0 fully saturated rings. The lowest BCUT2D eigenvalue weighted by molar-refractivity contribution is 0.511. The molecule has 0 radical (unpaired) electrons. The summed E-state index contributed by atoms with van der Waals surface area (Å²) in [4.78, 5) is 1.02. The number of hydrogen-bond donors (Lipinski definition) is 1. The molecule has 0 spiro atoms. The highest BCUT2D eigenvalue weighted by Gasteiger charge is 2.19. The van der Waals surface area contributed by atoms with E-state index in [0.29, 0.717) is 5.56 Å². The molecule has 0 amide bonds. The Bertz CT molecular complexity index is 826.